The number of nitrogens with zero attached hydrogens (tertiary/aromatic N) is 1. The van der Waals surface area contributed by atoms with Gasteiger partial charge in [-0.1, -0.05) is 40.9 Å². The minimum Gasteiger partial charge on any atom is -0.382 e. The SMILES string of the molecule is Nc1n[nH]c(-c2sccc2Cl)c1-c1ccc(Cl)cc1Cl. The summed E-state index contributed by atoms with van der Waals surface area (Å²) in [6.45, 7) is 0. The van der Waals surface area contributed by atoms with Crippen molar-refractivity contribution in [2.75, 3.05) is 5.73 Å². The van der Waals surface area contributed by atoms with E-state index in [9.17, 15) is 0 Å². The quantitative estimate of drug-likeness (QED) is 0.658. The lowest BCUT2D eigenvalue weighted by molar-refractivity contribution is 1.11. The van der Waals surface area contributed by atoms with Crippen LogP contribution in [0.5, 0.6) is 0 Å². The van der Waals surface area contributed by atoms with E-state index in [2.05, 4.69) is 10.2 Å². The average Bonchev–Trinajstić information content (AvgIpc) is 2.96. The van der Waals surface area contributed by atoms with E-state index in [0.29, 0.717) is 20.9 Å². The van der Waals surface area contributed by atoms with Crippen LogP contribution in [0.1, 0.15) is 0 Å². The number of nitrogens with one attached hydrogen (secondary N) is 1. The molecule has 20 heavy (non-hydrogen) atoms. The molecule has 3 N–H and O–H groups in total. The lowest BCUT2D eigenvalue weighted by atomic mass is 10.0. The summed E-state index contributed by atoms with van der Waals surface area (Å²) in [7, 11) is 0. The number of nitrogen functional groups attached to an aromatic ring is 1. The maximum atomic E-state index is 6.25. The summed E-state index contributed by atoms with van der Waals surface area (Å²) in [5.41, 5.74) is 8.22. The third-order valence-electron chi connectivity index (χ3n) is 2.84. The van der Waals surface area contributed by atoms with Gasteiger partial charge in [0.2, 0.25) is 0 Å². The van der Waals surface area contributed by atoms with Crippen molar-refractivity contribution < 1.29 is 0 Å². The van der Waals surface area contributed by atoms with Gasteiger partial charge in [-0.25, -0.2) is 0 Å². The number of halogens is 3. The fraction of sp³-hybridized carbons (Fsp3) is 0. The summed E-state index contributed by atoms with van der Waals surface area (Å²) >= 11 is 19.9. The summed E-state index contributed by atoms with van der Waals surface area (Å²) in [6, 6.07) is 7.07. The normalized spacial score (nSPS) is 10.9. The van der Waals surface area contributed by atoms with E-state index >= 15 is 0 Å². The smallest absolute Gasteiger partial charge is 0.153 e. The second-order valence-electron chi connectivity index (χ2n) is 4.08. The van der Waals surface area contributed by atoms with Crippen LogP contribution in [-0.4, -0.2) is 10.2 Å². The van der Waals surface area contributed by atoms with Gasteiger partial charge in [0.25, 0.3) is 0 Å². The van der Waals surface area contributed by atoms with E-state index in [1.165, 1.54) is 11.3 Å². The number of thiophene rings is 1. The van der Waals surface area contributed by atoms with Crippen LogP contribution in [0, 0.1) is 0 Å². The molecule has 0 saturated heterocycles. The zero-order chi connectivity index (χ0) is 14.3. The van der Waals surface area contributed by atoms with E-state index < -0.39 is 0 Å². The van der Waals surface area contributed by atoms with Gasteiger partial charge < -0.3 is 5.73 Å². The zero-order valence-corrected chi connectivity index (χ0v) is 13.0. The molecule has 2 aromatic heterocycles. The number of benzene rings is 1. The first kappa shape index (κ1) is 13.8. The molecule has 7 heteroatoms. The van der Waals surface area contributed by atoms with Crippen molar-refractivity contribution in [3.8, 4) is 21.7 Å². The van der Waals surface area contributed by atoms with Crippen molar-refractivity contribution >= 4 is 52.0 Å². The third-order valence-corrected chi connectivity index (χ3v) is 4.75. The molecule has 0 spiro atoms. The Morgan fingerprint density at radius 3 is 2.55 bits per heavy atom. The highest BCUT2D eigenvalue weighted by atomic mass is 35.5. The lowest BCUT2D eigenvalue weighted by Gasteiger charge is -2.06. The first-order valence-corrected chi connectivity index (χ1v) is 7.62. The molecule has 1 aromatic carbocycles. The highest BCUT2D eigenvalue weighted by molar-refractivity contribution is 7.14. The van der Waals surface area contributed by atoms with Gasteiger partial charge in [-0.3, -0.25) is 5.10 Å². The van der Waals surface area contributed by atoms with Gasteiger partial charge in [-0.2, -0.15) is 5.10 Å². The molecule has 3 rings (SSSR count). The summed E-state index contributed by atoms with van der Waals surface area (Å²) in [5.74, 6) is 0.369. The molecule has 0 bridgehead atoms. The summed E-state index contributed by atoms with van der Waals surface area (Å²) in [4.78, 5) is 0.872. The molecular weight excluding hydrogens is 337 g/mol. The monoisotopic (exact) mass is 343 g/mol. The van der Waals surface area contributed by atoms with Gasteiger partial charge >= 0.3 is 0 Å². The first-order valence-electron chi connectivity index (χ1n) is 5.60. The Morgan fingerprint density at radius 1 is 1.10 bits per heavy atom. The van der Waals surface area contributed by atoms with Crippen molar-refractivity contribution in [2.24, 2.45) is 0 Å². The van der Waals surface area contributed by atoms with E-state index in [-0.39, 0.29) is 0 Å². The van der Waals surface area contributed by atoms with Crippen LogP contribution in [0.3, 0.4) is 0 Å². The first-order chi connectivity index (χ1) is 9.58. The van der Waals surface area contributed by atoms with Gasteiger partial charge in [0.15, 0.2) is 5.82 Å². The number of aromatic amines is 1. The summed E-state index contributed by atoms with van der Waals surface area (Å²) < 4.78 is 0. The average molecular weight is 345 g/mol. The molecule has 3 nitrogen and oxygen atoms in total. The van der Waals surface area contributed by atoms with Crippen LogP contribution < -0.4 is 5.73 Å². The van der Waals surface area contributed by atoms with Crippen LogP contribution in [0.15, 0.2) is 29.6 Å². The molecular formula is C13H8Cl3N3S. The fourth-order valence-electron chi connectivity index (χ4n) is 1.96. The number of hydrogen-bond donors (Lipinski definition) is 2. The third kappa shape index (κ3) is 2.29. The molecule has 102 valence electrons. The highest BCUT2D eigenvalue weighted by Gasteiger charge is 2.19. The summed E-state index contributed by atoms with van der Waals surface area (Å²) in [5, 5.41) is 10.6. The van der Waals surface area contributed by atoms with E-state index in [4.69, 9.17) is 40.5 Å². The number of hydrogen-bond acceptors (Lipinski definition) is 3. The number of nitrogens with two attached hydrogens (primary N) is 1. The highest BCUT2D eigenvalue weighted by Crippen LogP contribution is 2.43. The molecule has 3 aromatic rings. The van der Waals surface area contributed by atoms with Gasteiger partial charge in [-0.15, -0.1) is 11.3 Å². The minimum atomic E-state index is 0.369. The molecule has 2 heterocycles. The predicted molar refractivity (Wildman–Crippen MR) is 86.8 cm³/mol. The number of aromatic nitrogens is 2. The fourth-order valence-corrected chi connectivity index (χ4v) is 3.61. The maximum absolute atomic E-state index is 6.25. The van der Waals surface area contributed by atoms with Gasteiger partial charge in [0, 0.05) is 10.6 Å². The molecule has 0 fully saturated rings. The van der Waals surface area contributed by atoms with Gasteiger partial charge in [0.1, 0.15) is 0 Å². The van der Waals surface area contributed by atoms with Crippen molar-refractivity contribution in [3.05, 3.63) is 44.7 Å². The Bertz CT molecular complexity index is 779. The predicted octanol–water partition coefficient (Wildman–Crippen LogP) is 5.35. The van der Waals surface area contributed by atoms with Crippen molar-refractivity contribution in [1.29, 1.82) is 0 Å². The molecule has 0 radical (unpaired) electrons. The van der Waals surface area contributed by atoms with Crippen LogP contribution >= 0.6 is 46.1 Å². The largest absolute Gasteiger partial charge is 0.382 e. The van der Waals surface area contributed by atoms with Crippen LogP contribution in [-0.2, 0) is 0 Å². The standard InChI is InChI=1S/C13H8Cl3N3S/c14-6-1-2-7(9(16)5-6)10-11(18-19-13(10)17)12-8(15)3-4-20-12/h1-5H,(H3,17,18,19). The van der Waals surface area contributed by atoms with E-state index in [0.717, 1.165) is 21.7 Å². The van der Waals surface area contributed by atoms with Crippen molar-refractivity contribution in [1.82, 2.24) is 10.2 Å². The Morgan fingerprint density at radius 2 is 1.90 bits per heavy atom. The van der Waals surface area contributed by atoms with Crippen LogP contribution in [0.25, 0.3) is 21.7 Å². The van der Waals surface area contributed by atoms with Crippen LogP contribution in [0.2, 0.25) is 15.1 Å². The number of H-pyrrole nitrogens is 1. The van der Waals surface area contributed by atoms with E-state index in [1.807, 2.05) is 17.5 Å². The molecule has 0 atom stereocenters. The second kappa shape index (κ2) is 5.30. The Labute approximate surface area is 134 Å². The Balaban J connectivity index is 2.24. The zero-order valence-electron chi connectivity index (χ0n) is 9.95. The van der Waals surface area contributed by atoms with Crippen molar-refractivity contribution in [2.45, 2.75) is 0 Å². The molecule has 0 aliphatic heterocycles. The molecule has 0 aliphatic carbocycles. The van der Waals surface area contributed by atoms with Gasteiger partial charge in [-0.05, 0) is 23.6 Å². The Hall–Kier alpha value is -1.20. The maximum Gasteiger partial charge on any atom is 0.153 e. The molecule has 0 aliphatic rings. The molecule has 0 amide bonds. The lowest BCUT2D eigenvalue weighted by Crippen LogP contribution is -1.89. The topological polar surface area (TPSA) is 54.7 Å². The molecule has 0 unspecified atom stereocenters. The molecule has 0 saturated carbocycles. The number of rotatable bonds is 2. The van der Waals surface area contributed by atoms with Crippen molar-refractivity contribution in [3.63, 3.8) is 0 Å². The summed E-state index contributed by atoms with van der Waals surface area (Å²) in [6.07, 6.45) is 0. The Kier molecular flexibility index (Phi) is 3.65. The van der Waals surface area contributed by atoms with E-state index in [1.54, 1.807) is 12.1 Å². The van der Waals surface area contributed by atoms with Crippen LogP contribution in [0.4, 0.5) is 5.82 Å². The second-order valence-corrected chi connectivity index (χ2v) is 6.25. The minimum absolute atomic E-state index is 0.369. The number of anilines is 1. The van der Waals surface area contributed by atoms with Gasteiger partial charge in [0.05, 0.1) is 26.2 Å².